The third kappa shape index (κ3) is 14.5. The second kappa shape index (κ2) is 11.7. The number of hydrazine groups is 1. The molecule has 3 N–H and O–H groups in total. The summed E-state index contributed by atoms with van der Waals surface area (Å²) in [5.74, 6) is -0.935. The molecule has 22 heavy (non-hydrogen) atoms. The number of nitrogens with one attached hydrogen (secondary N) is 1. The van der Waals surface area contributed by atoms with E-state index in [1.54, 1.807) is 0 Å². The van der Waals surface area contributed by atoms with Gasteiger partial charge in [-0.1, -0.05) is 24.8 Å². The van der Waals surface area contributed by atoms with Crippen molar-refractivity contribution >= 4 is 22.1 Å². The van der Waals surface area contributed by atoms with Gasteiger partial charge in [-0.15, -0.1) is 0 Å². The average molecular weight is 334 g/mol. The van der Waals surface area contributed by atoms with Crippen LogP contribution in [0.25, 0.3) is 0 Å². The molecule has 126 valence electrons. The Bertz CT molecular complexity index is 533. The second-order valence-corrected chi connectivity index (χ2v) is 4.99. The standard InChI is InChI=1S/C8H12N2.C4H6O2.CH4O4S/c1-9-10(2)8-6-4-3-5-7-8;1-3(2)4(5)6;1-5-6(2,3)4/h3-7,9H,1-2H3;1H2,2H3,(H,5,6);1H3,(H,2,3,4). The van der Waals surface area contributed by atoms with Crippen LogP contribution in [0.4, 0.5) is 5.69 Å². The highest BCUT2D eigenvalue weighted by molar-refractivity contribution is 7.80. The van der Waals surface area contributed by atoms with Crippen LogP contribution in [0.2, 0.25) is 0 Å². The predicted octanol–water partition coefficient (Wildman–Crippen LogP) is 1.34. The van der Waals surface area contributed by atoms with Crippen molar-refractivity contribution in [1.82, 2.24) is 5.43 Å². The molecular weight excluding hydrogens is 312 g/mol. The van der Waals surface area contributed by atoms with Gasteiger partial charge in [-0.3, -0.25) is 8.74 Å². The van der Waals surface area contributed by atoms with Crippen molar-refractivity contribution in [2.75, 3.05) is 26.2 Å². The minimum atomic E-state index is -4.16. The van der Waals surface area contributed by atoms with Gasteiger partial charge in [0.25, 0.3) is 0 Å². The van der Waals surface area contributed by atoms with E-state index in [1.807, 2.05) is 37.3 Å². The fourth-order valence-corrected chi connectivity index (χ4v) is 0.781. The van der Waals surface area contributed by atoms with Gasteiger partial charge in [0.15, 0.2) is 0 Å². The lowest BCUT2D eigenvalue weighted by atomic mass is 10.3. The molecule has 8 nitrogen and oxygen atoms in total. The Labute approximate surface area is 130 Å². The zero-order valence-electron chi connectivity index (χ0n) is 13.0. The zero-order chi connectivity index (χ0) is 17.8. The lowest BCUT2D eigenvalue weighted by Gasteiger charge is -2.16. The molecular formula is C13H22N2O6S. The van der Waals surface area contributed by atoms with Crippen LogP contribution in [0.1, 0.15) is 6.92 Å². The second-order valence-electron chi connectivity index (χ2n) is 3.80. The van der Waals surface area contributed by atoms with Gasteiger partial charge in [0.05, 0.1) is 12.8 Å². The number of carboxylic acids is 1. The molecule has 9 heteroatoms. The van der Waals surface area contributed by atoms with Crippen LogP contribution in [0.5, 0.6) is 0 Å². The van der Waals surface area contributed by atoms with Crippen molar-refractivity contribution in [3.05, 3.63) is 42.5 Å². The molecule has 0 atom stereocenters. The molecule has 0 aliphatic rings. The molecule has 0 saturated carbocycles. The highest BCUT2D eigenvalue weighted by atomic mass is 32.3. The number of hydrogen-bond donors (Lipinski definition) is 3. The van der Waals surface area contributed by atoms with E-state index in [-0.39, 0.29) is 5.57 Å². The SMILES string of the molecule is C=C(C)C(=O)O.CNN(C)c1ccccc1.COS(=O)(=O)O. The summed E-state index contributed by atoms with van der Waals surface area (Å²) in [6, 6.07) is 10.1. The van der Waals surface area contributed by atoms with Crippen LogP contribution in [-0.2, 0) is 19.4 Å². The monoisotopic (exact) mass is 334 g/mol. The summed E-state index contributed by atoms with van der Waals surface area (Å²) in [5, 5.41) is 9.85. The Morgan fingerprint density at radius 3 is 1.91 bits per heavy atom. The van der Waals surface area contributed by atoms with Crippen LogP contribution in [0.3, 0.4) is 0 Å². The van der Waals surface area contributed by atoms with E-state index >= 15 is 0 Å². The van der Waals surface area contributed by atoms with Crippen molar-refractivity contribution < 1.29 is 27.1 Å². The molecule has 1 aromatic carbocycles. The lowest BCUT2D eigenvalue weighted by molar-refractivity contribution is -0.132. The first-order chi connectivity index (χ1) is 10.0. The number of hydrogen-bond acceptors (Lipinski definition) is 6. The molecule has 0 aliphatic carbocycles. The number of benzene rings is 1. The molecule has 0 bridgehead atoms. The molecule has 0 saturated heterocycles. The minimum Gasteiger partial charge on any atom is -0.478 e. The van der Waals surface area contributed by atoms with Gasteiger partial charge >= 0.3 is 16.4 Å². The van der Waals surface area contributed by atoms with Crippen LogP contribution in [-0.4, -0.2) is 45.3 Å². The first-order valence-electron chi connectivity index (χ1n) is 5.93. The van der Waals surface area contributed by atoms with Gasteiger partial charge in [0.1, 0.15) is 0 Å². The third-order valence-corrected chi connectivity index (χ3v) is 2.48. The molecule has 0 fully saturated rings. The quantitative estimate of drug-likeness (QED) is 0.429. The maximum atomic E-state index is 9.60. The Balaban J connectivity index is 0. The Kier molecular flexibility index (Phi) is 11.9. The summed E-state index contributed by atoms with van der Waals surface area (Å²) in [6.07, 6.45) is 0. The Morgan fingerprint density at radius 1 is 1.32 bits per heavy atom. The summed E-state index contributed by atoms with van der Waals surface area (Å²) in [6.45, 7) is 4.60. The first-order valence-corrected chi connectivity index (χ1v) is 7.29. The summed E-state index contributed by atoms with van der Waals surface area (Å²) in [7, 11) is 0.586. The normalized spacial score (nSPS) is 9.50. The lowest BCUT2D eigenvalue weighted by Crippen LogP contribution is -2.30. The topological polar surface area (TPSA) is 116 Å². The molecule has 0 aliphatic heterocycles. The van der Waals surface area contributed by atoms with Gasteiger partial charge in [-0.2, -0.15) is 8.42 Å². The van der Waals surface area contributed by atoms with E-state index in [1.165, 1.54) is 12.6 Å². The van der Waals surface area contributed by atoms with Crippen LogP contribution in [0.15, 0.2) is 42.5 Å². The van der Waals surface area contributed by atoms with Crippen LogP contribution < -0.4 is 10.4 Å². The number of nitrogens with zero attached hydrogens (tertiary/aromatic N) is 1. The molecule has 0 aromatic heterocycles. The highest BCUT2D eigenvalue weighted by Crippen LogP contribution is 2.07. The first kappa shape index (κ1) is 22.3. The molecule has 0 unspecified atom stereocenters. The Morgan fingerprint density at radius 2 is 1.68 bits per heavy atom. The van der Waals surface area contributed by atoms with E-state index in [0.29, 0.717) is 0 Å². The van der Waals surface area contributed by atoms with Crippen molar-refractivity contribution in [3.63, 3.8) is 0 Å². The molecule has 0 radical (unpaired) electrons. The van der Waals surface area contributed by atoms with Gasteiger partial charge < -0.3 is 10.1 Å². The van der Waals surface area contributed by atoms with Crippen molar-refractivity contribution in [3.8, 4) is 0 Å². The number of aliphatic carboxylic acids is 1. The summed E-state index contributed by atoms with van der Waals surface area (Å²) in [4.78, 5) is 9.60. The van der Waals surface area contributed by atoms with E-state index in [4.69, 9.17) is 9.66 Å². The maximum absolute atomic E-state index is 9.60. The van der Waals surface area contributed by atoms with Gasteiger partial charge in [0, 0.05) is 19.7 Å². The van der Waals surface area contributed by atoms with Crippen molar-refractivity contribution in [1.29, 1.82) is 0 Å². The summed E-state index contributed by atoms with van der Waals surface area (Å²) in [5.41, 5.74) is 4.36. The third-order valence-electron chi connectivity index (χ3n) is 2.05. The van der Waals surface area contributed by atoms with E-state index in [0.717, 1.165) is 7.11 Å². The fraction of sp³-hybridized carbons (Fsp3) is 0.308. The molecule has 1 rings (SSSR count). The number of carboxylic acid groups (broad SMARTS) is 1. The molecule has 0 heterocycles. The minimum absolute atomic E-state index is 0.176. The van der Waals surface area contributed by atoms with Crippen molar-refractivity contribution in [2.24, 2.45) is 0 Å². The van der Waals surface area contributed by atoms with E-state index < -0.39 is 16.4 Å². The number of para-hydroxylation sites is 1. The summed E-state index contributed by atoms with van der Waals surface area (Å²) >= 11 is 0. The molecule has 0 amide bonds. The van der Waals surface area contributed by atoms with E-state index in [9.17, 15) is 13.2 Å². The van der Waals surface area contributed by atoms with Crippen LogP contribution >= 0.6 is 0 Å². The fourth-order valence-electron chi connectivity index (χ4n) is 0.781. The van der Waals surface area contributed by atoms with Gasteiger partial charge in [-0.05, 0) is 19.1 Å². The van der Waals surface area contributed by atoms with E-state index in [2.05, 4.69) is 28.3 Å². The van der Waals surface area contributed by atoms with Crippen molar-refractivity contribution in [2.45, 2.75) is 6.92 Å². The molecule has 1 aromatic rings. The largest absolute Gasteiger partial charge is 0.478 e. The zero-order valence-corrected chi connectivity index (χ0v) is 13.8. The average Bonchev–Trinajstić information content (AvgIpc) is 2.47. The maximum Gasteiger partial charge on any atom is 0.397 e. The smallest absolute Gasteiger partial charge is 0.397 e. The van der Waals surface area contributed by atoms with Crippen LogP contribution in [0, 0.1) is 0 Å². The highest BCUT2D eigenvalue weighted by Gasteiger charge is 1.94. The number of carbonyl (C=O) groups is 1. The Hall–Kier alpha value is -1.94. The van der Waals surface area contributed by atoms with Gasteiger partial charge in [0.2, 0.25) is 0 Å². The summed E-state index contributed by atoms with van der Waals surface area (Å²) < 4.78 is 29.7. The molecule has 0 spiro atoms. The van der Waals surface area contributed by atoms with Gasteiger partial charge in [-0.25, -0.2) is 10.2 Å². The number of anilines is 1. The predicted molar refractivity (Wildman–Crippen MR) is 84.9 cm³/mol. The number of rotatable bonds is 4.